The molecule has 1 heterocycles. The lowest BCUT2D eigenvalue weighted by molar-refractivity contribution is -0.152. The van der Waals surface area contributed by atoms with Gasteiger partial charge in [0.15, 0.2) is 5.60 Å². The summed E-state index contributed by atoms with van der Waals surface area (Å²) in [6.45, 7) is 5.16. The lowest BCUT2D eigenvalue weighted by Gasteiger charge is -2.41. The van der Waals surface area contributed by atoms with E-state index < -0.39 is 29.4 Å². The third-order valence-electron chi connectivity index (χ3n) is 5.47. The summed E-state index contributed by atoms with van der Waals surface area (Å²) in [4.78, 5) is 25.9. The van der Waals surface area contributed by atoms with Crippen LogP contribution in [-0.2, 0) is 14.3 Å². The predicted molar refractivity (Wildman–Crippen MR) is 110 cm³/mol. The smallest absolute Gasteiger partial charge is 0.343 e. The summed E-state index contributed by atoms with van der Waals surface area (Å²) in [5.41, 5.74) is -0.366. The fourth-order valence-electron chi connectivity index (χ4n) is 3.72. The summed E-state index contributed by atoms with van der Waals surface area (Å²) >= 11 is 0. The van der Waals surface area contributed by atoms with Crippen LogP contribution in [0.2, 0.25) is 0 Å². The van der Waals surface area contributed by atoms with Crippen LogP contribution < -0.4 is 9.47 Å². The number of hydrogen-bond donors (Lipinski definition) is 1. The summed E-state index contributed by atoms with van der Waals surface area (Å²) < 4.78 is 21.8. The average molecular weight is 414 g/mol. The van der Waals surface area contributed by atoms with Crippen molar-refractivity contribution in [2.24, 2.45) is 5.92 Å². The van der Waals surface area contributed by atoms with Gasteiger partial charge in [-0.25, -0.2) is 4.79 Å². The zero-order valence-corrected chi connectivity index (χ0v) is 17.7. The van der Waals surface area contributed by atoms with Gasteiger partial charge in [0.25, 0.3) is 0 Å². The van der Waals surface area contributed by atoms with Crippen LogP contribution in [0, 0.1) is 12.8 Å². The molecule has 3 atom stereocenters. The number of benzene rings is 1. The maximum Gasteiger partial charge on any atom is 0.343 e. The molecule has 0 saturated carbocycles. The van der Waals surface area contributed by atoms with Crippen molar-refractivity contribution in [1.82, 2.24) is 0 Å². The Hall–Kier alpha value is -3.06. The first-order valence-corrected chi connectivity index (χ1v) is 9.62. The van der Waals surface area contributed by atoms with Crippen molar-refractivity contribution in [1.29, 1.82) is 0 Å². The highest BCUT2D eigenvalue weighted by Gasteiger charge is 2.52. The monoisotopic (exact) mass is 414 g/mol. The second-order valence-electron chi connectivity index (χ2n) is 7.44. The van der Waals surface area contributed by atoms with Gasteiger partial charge in [0.2, 0.25) is 5.78 Å². The standard InChI is InChI=1S/C23H26O7/c1-6-7-15-9-14-10-19(24)23(3,21(25)17(14)12-29-15)30-22(26)20-13(2)8-16(27-4)11-18(20)28-5/h6-11,17,21,25H,12H2,1-5H3/t17-,21+,23+/m1/s1. The number of aryl methyl sites for hydroxylation is 1. The highest BCUT2D eigenvalue weighted by Crippen LogP contribution is 2.38. The van der Waals surface area contributed by atoms with Crippen molar-refractivity contribution >= 4 is 11.8 Å². The molecule has 7 heteroatoms. The van der Waals surface area contributed by atoms with Crippen molar-refractivity contribution in [3.63, 3.8) is 0 Å². The number of hydrogen-bond acceptors (Lipinski definition) is 7. The molecule has 1 aliphatic heterocycles. The van der Waals surface area contributed by atoms with Gasteiger partial charge in [0, 0.05) is 12.0 Å². The van der Waals surface area contributed by atoms with Gasteiger partial charge < -0.3 is 24.1 Å². The number of ether oxygens (including phenoxy) is 4. The highest BCUT2D eigenvalue weighted by atomic mass is 16.6. The molecule has 0 radical (unpaired) electrons. The number of rotatable bonds is 5. The van der Waals surface area contributed by atoms with Crippen molar-refractivity contribution < 1.29 is 33.6 Å². The van der Waals surface area contributed by atoms with E-state index >= 15 is 0 Å². The number of esters is 1. The first kappa shape index (κ1) is 21.6. The van der Waals surface area contributed by atoms with Crippen LogP contribution in [0.15, 0.2) is 47.8 Å². The maximum absolute atomic E-state index is 13.0. The lowest BCUT2D eigenvalue weighted by atomic mass is 9.74. The summed E-state index contributed by atoms with van der Waals surface area (Å²) in [6.07, 6.45) is 5.47. The molecule has 1 aromatic carbocycles. The van der Waals surface area contributed by atoms with E-state index in [1.807, 2.05) is 13.0 Å². The number of aliphatic hydroxyl groups excluding tert-OH is 1. The summed E-state index contributed by atoms with van der Waals surface area (Å²) in [7, 11) is 2.94. The minimum Gasteiger partial charge on any atom is -0.497 e. The van der Waals surface area contributed by atoms with E-state index in [0.29, 0.717) is 22.6 Å². The average Bonchev–Trinajstić information content (AvgIpc) is 2.71. The minimum atomic E-state index is -1.75. The van der Waals surface area contributed by atoms with Gasteiger partial charge in [-0.15, -0.1) is 0 Å². The van der Waals surface area contributed by atoms with Gasteiger partial charge in [0.1, 0.15) is 28.9 Å². The molecule has 1 aliphatic carbocycles. The number of aliphatic hydroxyl groups is 1. The third kappa shape index (κ3) is 3.73. The van der Waals surface area contributed by atoms with Crippen LogP contribution in [0.25, 0.3) is 0 Å². The number of allylic oxidation sites excluding steroid dienone is 3. The lowest BCUT2D eigenvalue weighted by Crippen LogP contribution is -2.57. The molecule has 0 spiro atoms. The van der Waals surface area contributed by atoms with Gasteiger partial charge >= 0.3 is 5.97 Å². The van der Waals surface area contributed by atoms with Crippen molar-refractivity contribution in [3.8, 4) is 11.5 Å². The molecular formula is C23H26O7. The minimum absolute atomic E-state index is 0.171. The summed E-state index contributed by atoms with van der Waals surface area (Å²) in [6, 6.07) is 3.23. The quantitative estimate of drug-likeness (QED) is 0.741. The zero-order chi connectivity index (χ0) is 22.1. The van der Waals surface area contributed by atoms with E-state index in [0.717, 1.165) is 0 Å². The Bertz CT molecular complexity index is 957. The Labute approximate surface area is 175 Å². The van der Waals surface area contributed by atoms with Crippen LogP contribution >= 0.6 is 0 Å². The van der Waals surface area contributed by atoms with Crippen LogP contribution in [0.5, 0.6) is 11.5 Å². The van der Waals surface area contributed by atoms with Crippen molar-refractivity contribution in [2.45, 2.75) is 32.5 Å². The predicted octanol–water partition coefficient (Wildman–Crippen LogP) is 2.90. The van der Waals surface area contributed by atoms with Gasteiger partial charge in [-0.3, -0.25) is 4.79 Å². The number of carbonyl (C=O) groups excluding carboxylic acids is 2. The summed E-state index contributed by atoms with van der Waals surface area (Å²) in [5, 5.41) is 11.0. The molecule has 2 aliphatic rings. The Morgan fingerprint density at radius 3 is 2.63 bits per heavy atom. The van der Waals surface area contributed by atoms with Gasteiger partial charge in [0.05, 0.1) is 20.8 Å². The largest absolute Gasteiger partial charge is 0.497 e. The first-order valence-electron chi connectivity index (χ1n) is 9.62. The normalized spacial score (nSPS) is 25.7. The second kappa shape index (κ2) is 8.36. The van der Waals surface area contributed by atoms with Crippen LogP contribution in [0.4, 0.5) is 0 Å². The molecule has 0 saturated heterocycles. The Kier molecular flexibility index (Phi) is 6.03. The van der Waals surface area contributed by atoms with Crippen molar-refractivity contribution in [2.75, 3.05) is 20.8 Å². The fourth-order valence-corrected chi connectivity index (χ4v) is 3.72. The Balaban J connectivity index is 1.94. The van der Waals surface area contributed by atoms with E-state index in [1.54, 1.807) is 31.2 Å². The molecule has 160 valence electrons. The molecular weight excluding hydrogens is 388 g/mol. The number of fused-ring (bicyclic) bond motifs is 1. The zero-order valence-electron chi connectivity index (χ0n) is 17.7. The molecule has 0 amide bonds. The van der Waals surface area contributed by atoms with Crippen LogP contribution in [-0.4, -0.2) is 49.4 Å². The molecule has 0 fully saturated rings. The molecule has 7 nitrogen and oxygen atoms in total. The molecule has 0 bridgehead atoms. The van der Waals surface area contributed by atoms with E-state index in [2.05, 4.69) is 0 Å². The SMILES string of the molecule is CC=CC1=CC2=CC(=O)[C@](C)(OC(=O)c3c(C)cc(OC)cc3OC)[C@@H](O)[C@@H]2CO1. The molecule has 0 aromatic heterocycles. The molecule has 1 N–H and O–H groups in total. The van der Waals surface area contributed by atoms with E-state index in [9.17, 15) is 14.7 Å². The molecule has 30 heavy (non-hydrogen) atoms. The number of ketones is 1. The first-order chi connectivity index (χ1) is 14.2. The topological polar surface area (TPSA) is 91.3 Å². The third-order valence-corrected chi connectivity index (χ3v) is 5.47. The fraction of sp³-hybridized carbons (Fsp3) is 0.391. The van der Waals surface area contributed by atoms with Gasteiger partial charge in [-0.05, 0) is 56.2 Å². The van der Waals surface area contributed by atoms with Crippen LogP contribution in [0.1, 0.15) is 29.8 Å². The van der Waals surface area contributed by atoms with Gasteiger partial charge in [-0.1, -0.05) is 6.08 Å². The highest BCUT2D eigenvalue weighted by molar-refractivity contribution is 6.03. The Morgan fingerprint density at radius 2 is 2.00 bits per heavy atom. The molecule has 1 aromatic rings. The van der Waals surface area contributed by atoms with E-state index in [4.69, 9.17) is 18.9 Å². The van der Waals surface area contributed by atoms with Crippen LogP contribution in [0.3, 0.4) is 0 Å². The van der Waals surface area contributed by atoms with E-state index in [1.165, 1.54) is 27.2 Å². The van der Waals surface area contributed by atoms with Gasteiger partial charge in [-0.2, -0.15) is 0 Å². The summed E-state index contributed by atoms with van der Waals surface area (Å²) in [5.74, 6) is -0.350. The number of carbonyl (C=O) groups is 2. The van der Waals surface area contributed by atoms with E-state index in [-0.39, 0.29) is 17.9 Å². The number of methoxy groups -OCH3 is 2. The molecule has 3 rings (SSSR count). The van der Waals surface area contributed by atoms with Crippen molar-refractivity contribution in [3.05, 3.63) is 58.9 Å². The maximum atomic E-state index is 13.0. The second-order valence-corrected chi connectivity index (χ2v) is 7.44. The molecule has 0 unspecified atom stereocenters. The Morgan fingerprint density at radius 1 is 1.27 bits per heavy atom.